The third-order valence-electron chi connectivity index (χ3n) is 6.92. The van der Waals surface area contributed by atoms with E-state index in [0.29, 0.717) is 44.5 Å². The standard InChI is InChI=1S/C27H30F7NO3/c1-16(19-12-20(26(29,30)31)14-21(13-19)27(32,33)34)38-23-10-7-18(15-35(2)11-3-4-24(36)37)25(23)17-5-8-22(28)9-6-17/h5-6,8-9,12-14,16,18,23,25H,3-4,7,10-11,15H2,1-2H3,(H,36,37)/t16-,18+,23+,25+/m1/s1. The van der Waals surface area contributed by atoms with Crippen LogP contribution in [-0.4, -0.2) is 42.2 Å². The monoisotopic (exact) mass is 549 g/mol. The molecule has 0 spiro atoms. The Kier molecular flexibility index (Phi) is 9.46. The van der Waals surface area contributed by atoms with Gasteiger partial charge in [-0.3, -0.25) is 4.79 Å². The second-order valence-electron chi connectivity index (χ2n) is 9.83. The van der Waals surface area contributed by atoms with Gasteiger partial charge >= 0.3 is 18.3 Å². The Hall–Kier alpha value is -2.66. The maximum Gasteiger partial charge on any atom is 0.416 e. The van der Waals surface area contributed by atoms with Crippen molar-refractivity contribution in [1.29, 1.82) is 0 Å². The molecule has 1 N–H and O–H groups in total. The first kappa shape index (κ1) is 29.9. The van der Waals surface area contributed by atoms with Crippen LogP contribution in [0.15, 0.2) is 42.5 Å². The summed E-state index contributed by atoms with van der Waals surface area (Å²) < 4.78 is 99.8. The number of rotatable bonds is 10. The first-order valence-electron chi connectivity index (χ1n) is 12.3. The van der Waals surface area contributed by atoms with Crippen molar-refractivity contribution in [2.45, 2.75) is 63.1 Å². The Morgan fingerprint density at radius 1 is 1.03 bits per heavy atom. The molecule has 0 aromatic heterocycles. The van der Waals surface area contributed by atoms with Gasteiger partial charge in [-0.15, -0.1) is 0 Å². The second kappa shape index (κ2) is 12.0. The number of benzene rings is 2. The smallest absolute Gasteiger partial charge is 0.416 e. The number of ether oxygens (including phenoxy) is 1. The predicted octanol–water partition coefficient (Wildman–Crippen LogP) is 7.30. The second-order valence-corrected chi connectivity index (χ2v) is 9.83. The third kappa shape index (κ3) is 7.92. The van der Waals surface area contributed by atoms with Crippen molar-refractivity contribution < 1.29 is 45.4 Å². The van der Waals surface area contributed by atoms with E-state index in [1.807, 2.05) is 11.9 Å². The van der Waals surface area contributed by atoms with Crippen LogP contribution in [0.3, 0.4) is 0 Å². The molecule has 0 radical (unpaired) electrons. The van der Waals surface area contributed by atoms with Gasteiger partial charge in [-0.05, 0) is 87.2 Å². The molecule has 4 nitrogen and oxygen atoms in total. The maximum absolute atomic E-state index is 13.6. The first-order valence-corrected chi connectivity index (χ1v) is 12.3. The van der Waals surface area contributed by atoms with Gasteiger partial charge in [0.25, 0.3) is 0 Å². The highest BCUT2D eigenvalue weighted by Gasteiger charge is 2.41. The average Bonchev–Trinajstić information content (AvgIpc) is 3.19. The highest BCUT2D eigenvalue weighted by molar-refractivity contribution is 5.66. The number of hydrogen-bond donors (Lipinski definition) is 1. The summed E-state index contributed by atoms with van der Waals surface area (Å²) in [6, 6.07) is 7.24. The Balaban J connectivity index is 1.85. The molecule has 0 amide bonds. The number of carboxylic acid groups (broad SMARTS) is 1. The molecule has 1 saturated carbocycles. The number of alkyl halides is 6. The maximum atomic E-state index is 13.6. The molecule has 0 bridgehead atoms. The highest BCUT2D eigenvalue weighted by atomic mass is 19.4. The van der Waals surface area contributed by atoms with Crippen LogP contribution in [0.4, 0.5) is 30.7 Å². The molecular weight excluding hydrogens is 519 g/mol. The Morgan fingerprint density at radius 2 is 1.61 bits per heavy atom. The summed E-state index contributed by atoms with van der Waals surface area (Å²) in [6.45, 7) is 2.52. The molecule has 0 heterocycles. The predicted molar refractivity (Wildman–Crippen MR) is 126 cm³/mol. The third-order valence-corrected chi connectivity index (χ3v) is 6.92. The number of halogens is 7. The molecule has 1 fully saturated rings. The Bertz CT molecular complexity index is 1050. The lowest BCUT2D eigenvalue weighted by Crippen LogP contribution is -2.31. The van der Waals surface area contributed by atoms with Crippen LogP contribution in [0.2, 0.25) is 0 Å². The molecule has 0 unspecified atom stereocenters. The zero-order chi connectivity index (χ0) is 28.3. The molecule has 210 valence electrons. The zero-order valence-corrected chi connectivity index (χ0v) is 21.0. The molecule has 11 heteroatoms. The van der Waals surface area contributed by atoms with Crippen LogP contribution in [0.25, 0.3) is 0 Å². The summed E-state index contributed by atoms with van der Waals surface area (Å²) in [4.78, 5) is 12.8. The van der Waals surface area contributed by atoms with Crippen molar-refractivity contribution in [3.63, 3.8) is 0 Å². The van der Waals surface area contributed by atoms with Gasteiger partial charge in [-0.1, -0.05) is 12.1 Å². The van der Waals surface area contributed by atoms with E-state index in [-0.39, 0.29) is 29.9 Å². The van der Waals surface area contributed by atoms with E-state index in [1.54, 1.807) is 12.1 Å². The SMILES string of the molecule is C[C@@H](O[C@H]1CC[C@@H](CN(C)CCCC(=O)O)[C@@H]1c1ccc(F)cc1)c1cc(C(F)(F)F)cc(C(F)(F)F)c1. The van der Waals surface area contributed by atoms with Gasteiger partial charge < -0.3 is 14.7 Å². The van der Waals surface area contributed by atoms with Crippen LogP contribution in [0.5, 0.6) is 0 Å². The lowest BCUT2D eigenvalue weighted by Gasteiger charge is -2.30. The molecule has 0 aliphatic heterocycles. The average molecular weight is 550 g/mol. The van der Waals surface area contributed by atoms with E-state index < -0.39 is 47.5 Å². The summed E-state index contributed by atoms with van der Waals surface area (Å²) in [5.41, 5.74) is -2.29. The van der Waals surface area contributed by atoms with Gasteiger partial charge in [-0.25, -0.2) is 4.39 Å². The minimum absolute atomic E-state index is 0.000245. The quantitative estimate of drug-likeness (QED) is 0.316. The molecule has 2 aromatic rings. The van der Waals surface area contributed by atoms with Crippen molar-refractivity contribution in [3.05, 3.63) is 70.5 Å². The zero-order valence-electron chi connectivity index (χ0n) is 21.0. The molecule has 1 aliphatic rings. The van der Waals surface area contributed by atoms with E-state index in [4.69, 9.17) is 9.84 Å². The minimum Gasteiger partial charge on any atom is -0.481 e. The molecule has 2 aromatic carbocycles. The van der Waals surface area contributed by atoms with Gasteiger partial charge in [0.05, 0.1) is 23.3 Å². The molecule has 1 aliphatic carbocycles. The summed E-state index contributed by atoms with van der Waals surface area (Å²) in [5, 5.41) is 8.87. The van der Waals surface area contributed by atoms with E-state index in [2.05, 4.69) is 0 Å². The van der Waals surface area contributed by atoms with Gasteiger partial charge in [0.1, 0.15) is 5.82 Å². The molecule has 0 saturated heterocycles. The minimum atomic E-state index is -4.96. The fourth-order valence-electron chi connectivity index (χ4n) is 5.12. The van der Waals surface area contributed by atoms with Crippen molar-refractivity contribution in [1.82, 2.24) is 4.90 Å². The van der Waals surface area contributed by atoms with Crippen LogP contribution in [0.1, 0.15) is 66.9 Å². The van der Waals surface area contributed by atoms with Crippen molar-refractivity contribution in [2.24, 2.45) is 5.92 Å². The van der Waals surface area contributed by atoms with Crippen LogP contribution in [0, 0.1) is 11.7 Å². The lowest BCUT2D eigenvalue weighted by molar-refractivity contribution is -0.143. The number of nitrogens with zero attached hydrogens (tertiary/aromatic N) is 1. The highest BCUT2D eigenvalue weighted by Crippen LogP contribution is 2.45. The van der Waals surface area contributed by atoms with Crippen LogP contribution < -0.4 is 0 Å². The van der Waals surface area contributed by atoms with Gasteiger partial charge in [0.2, 0.25) is 0 Å². The van der Waals surface area contributed by atoms with Crippen LogP contribution >= 0.6 is 0 Å². The summed E-state index contributed by atoms with van der Waals surface area (Å²) in [6.07, 6.45) is -9.88. The fraction of sp³-hybridized carbons (Fsp3) is 0.519. The van der Waals surface area contributed by atoms with Gasteiger partial charge in [0, 0.05) is 18.9 Å². The largest absolute Gasteiger partial charge is 0.481 e. The first-order chi connectivity index (χ1) is 17.6. The number of carbonyl (C=O) groups is 1. The lowest BCUT2D eigenvalue weighted by atomic mass is 9.87. The van der Waals surface area contributed by atoms with Gasteiger partial charge in [-0.2, -0.15) is 26.3 Å². The number of hydrogen-bond acceptors (Lipinski definition) is 3. The fourth-order valence-corrected chi connectivity index (χ4v) is 5.12. The normalized spacial score (nSPS) is 21.2. The number of aliphatic carboxylic acids is 1. The van der Waals surface area contributed by atoms with Gasteiger partial charge in [0.15, 0.2) is 0 Å². The molecule has 38 heavy (non-hydrogen) atoms. The van der Waals surface area contributed by atoms with Crippen molar-refractivity contribution in [2.75, 3.05) is 20.1 Å². The number of carboxylic acids is 1. The summed E-state index contributed by atoms with van der Waals surface area (Å²) >= 11 is 0. The van der Waals surface area contributed by atoms with E-state index in [0.717, 1.165) is 5.56 Å². The van der Waals surface area contributed by atoms with E-state index in [1.165, 1.54) is 19.1 Å². The van der Waals surface area contributed by atoms with E-state index in [9.17, 15) is 35.5 Å². The van der Waals surface area contributed by atoms with E-state index >= 15 is 0 Å². The van der Waals surface area contributed by atoms with Crippen molar-refractivity contribution >= 4 is 5.97 Å². The Morgan fingerprint density at radius 3 is 2.13 bits per heavy atom. The topological polar surface area (TPSA) is 49.8 Å². The summed E-state index contributed by atoms with van der Waals surface area (Å²) in [7, 11) is 1.85. The van der Waals surface area contributed by atoms with Crippen LogP contribution in [-0.2, 0) is 21.9 Å². The molecular formula is C27H30F7NO3. The molecule has 4 atom stereocenters. The molecule has 3 rings (SSSR count). The van der Waals surface area contributed by atoms with Crippen molar-refractivity contribution in [3.8, 4) is 0 Å². The summed E-state index contributed by atoms with van der Waals surface area (Å²) in [5.74, 6) is -1.62. The Labute approximate surface area is 216 Å².